The Morgan fingerprint density at radius 3 is 2.77 bits per heavy atom. The van der Waals surface area contributed by atoms with E-state index >= 15 is 0 Å². The van der Waals surface area contributed by atoms with Crippen LogP contribution < -0.4 is 9.47 Å². The number of carbonyl (C=O) groups is 1. The zero-order valence-corrected chi connectivity index (χ0v) is 16.6. The van der Waals surface area contributed by atoms with Crippen molar-refractivity contribution in [2.45, 2.75) is 25.4 Å². The molecule has 3 heterocycles. The van der Waals surface area contributed by atoms with Crippen LogP contribution >= 0.6 is 0 Å². The van der Waals surface area contributed by atoms with Crippen LogP contribution in [0.5, 0.6) is 11.6 Å². The van der Waals surface area contributed by atoms with Crippen LogP contribution in [0, 0.1) is 0 Å². The molecule has 1 fully saturated rings. The van der Waals surface area contributed by atoms with Crippen molar-refractivity contribution >= 4 is 5.91 Å². The average Bonchev–Trinajstić information content (AvgIpc) is 3.32. The van der Waals surface area contributed by atoms with Gasteiger partial charge in [0.2, 0.25) is 5.88 Å². The van der Waals surface area contributed by atoms with Crippen LogP contribution in [-0.4, -0.2) is 63.0 Å². The number of piperidine rings is 1. The summed E-state index contributed by atoms with van der Waals surface area (Å²) in [6.07, 6.45) is 3.22. The molecular weight excluding hydrogens is 408 g/mol. The summed E-state index contributed by atoms with van der Waals surface area (Å²) in [7, 11) is 0. The van der Waals surface area contributed by atoms with Gasteiger partial charge in [-0.15, -0.1) is 0 Å². The topological polar surface area (TPSA) is 82.4 Å². The molecule has 8 nitrogen and oxygen atoms in total. The summed E-state index contributed by atoms with van der Waals surface area (Å²) in [4.78, 5) is 20.5. The number of amides is 1. The van der Waals surface area contributed by atoms with E-state index in [0.29, 0.717) is 24.3 Å². The van der Waals surface area contributed by atoms with Crippen molar-refractivity contribution in [1.82, 2.24) is 24.9 Å². The molecule has 4 rings (SSSR count). The Labute approximate surface area is 177 Å². The minimum absolute atomic E-state index is 0.136. The number of para-hydroxylation sites is 1. The van der Waals surface area contributed by atoms with Crippen LogP contribution in [0.2, 0.25) is 0 Å². The Morgan fingerprint density at radius 1 is 1.16 bits per heavy atom. The molecule has 0 aliphatic carbocycles. The number of nitrogens with zero attached hydrogens (tertiary/aromatic N) is 5. The third-order valence-corrected chi connectivity index (χ3v) is 4.80. The lowest BCUT2D eigenvalue weighted by atomic mass is 10.1. The van der Waals surface area contributed by atoms with Gasteiger partial charge in [-0.05, 0) is 31.0 Å². The lowest BCUT2D eigenvalue weighted by molar-refractivity contribution is 0.0525. The first-order valence-corrected chi connectivity index (χ1v) is 9.89. The van der Waals surface area contributed by atoms with Crippen molar-refractivity contribution in [3.63, 3.8) is 0 Å². The van der Waals surface area contributed by atoms with Gasteiger partial charge in [0.25, 0.3) is 12.3 Å². The zero-order chi connectivity index (χ0) is 21.6. The highest BCUT2D eigenvalue weighted by atomic mass is 19.3. The first-order valence-electron chi connectivity index (χ1n) is 9.89. The molecular formula is C21H21F2N5O3. The van der Waals surface area contributed by atoms with Crippen molar-refractivity contribution in [1.29, 1.82) is 0 Å². The summed E-state index contributed by atoms with van der Waals surface area (Å²) in [6, 6.07) is 10.1. The minimum Gasteiger partial charge on any atom is -0.487 e. The largest absolute Gasteiger partial charge is 0.487 e. The highest BCUT2D eigenvalue weighted by Crippen LogP contribution is 2.23. The molecule has 0 N–H and O–H groups in total. The maximum Gasteiger partial charge on any atom is 0.272 e. The minimum atomic E-state index is -2.56. The van der Waals surface area contributed by atoms with Crippen LogP contribution in [-0.2, 0) is 0 Å². The number of carbonyl (C=O) groups excluding carboxylic acids is 1. The second kappa shape index (κ2) is 9.50. The molecule has 1 aliphatic rings. The van der Waals surface area contributed by atoms with Gasteiger partial charge in [-0.2, -0.15) is 15.0 Å². The van der Waals surface area contributed by atoms with E-state index in [1.54, 1.807) is 35.5 Å². The number of likely N-dealkylation sites (tertiary alicyclic amines) is 1. The lowest BCUT2D eigenvalue weighted by Gasteiger charge is -2.33. The van der Waals surface area contributed by atoms with Gasteiger partial charge in [0.15, 0.2) is 0 Å². The second-order valence-electron chi connectivity index (χ2n) is 7.00. The highest BCUT2D eigenvalue weighted by molar-refractivity contribution is 5.97. The van der Waals surface area contributed by atoms with E-state index < -0.39 is 13.0 Å². The van der Waals surface area contributed by atoms with Crippen molar-refractivity contribution in [3.05, 3.63) is 60.6 Å². The molecule has 10 heteroatoms. The summed E-state index contributed by atoms with van der Waals surface area (Å²) in [6.45, 7) is 0.285. The zero-order valence-electron chi connectivity index (χ0n) is 16.6. The molecule has 1 atom stereocenters. The van der Waals surface area contributed by atoms with E-state index in [4.69, 9.17) is 9.47 Å². The Balaban J connectivity index is 1.44. The SMILES string of the molecule is O=C(c1ccccc1-n1nccn1)N1CCC[C@@H](Oc2cc(OCC(F)F)ccn2)C1. The van der Waals surface area contributed by atoms with Crippen LogP contribution in [0.15, 0.2) is 55.0 Å². The maximum absolute atomic E-state index is 13.2. The fraction of sp³-hybridized carbons (Fsp3) is 0.333. The smallest absolute Gasteiger partial charge is 0.272 e. The molecule has 1 saturated heterocycles. The number of pyridine rings is 1. The Morgan fingerprint density at radius 2 is 1.97 bits per heavy atom. The van der Waals surface area contributed by atoms with E-state index in [9.17, 15) is 13.6 Å². The molecule has 1 amide bonds. The molecule has 0 spiro atoms. The van der Waals surface area contributed by atoms with Crippen LogP contribution in [0.3, 0.4) is 0 Å². The van der Waals surface area contributed by atoms with Crippen molar-refractivity contribution in [2.75, 3.05) is 19.7 Å². The molecule has 1 aromatic carbocycles. The lowest BCUT2D eigenvalue weighted by Crippen LogP contribution is -2.44. The van der Waals surface area contributed by atoms with E-state index in [0.717, 1.165) is 12.8 Å². The third-order valence-electron chi connectivity index (χ3n) is 4.80. The summed E-state index contributed by atoms with van der Waals surface area (Å²) in [5.74, 6) is 0.394. The number of alkyl halides is 2. The molecule has 1 aliphatic heterocycles. The number of hydrogen-bond donors (Lipinski definition) is 0. The van der Waals surface area contributed by atoms with Crippen LogP contribution in [0.25, 0.3) is 5.69 Å². The highest BCUT2D eigenvalue weighted by Gasteiger charge is 2.27. The molecule has 0 bridgehead atoms. The van der Waals surface area contributed by atoms with Gasteiger partial charge >= 0.3 is 0 Å². The van der Waals surface area contributed by atoms with E-state index in [-0.39, 0.29) is 23.6 Å². The van der Waals surface area contributed by atoms with Gasteiger partial charge in [0.1, 0.15) is 18.5 Å². The summed E-state index contributed by atoms with van der Waals surface area (Å²) >= 11 is 0. The Hall–Kier alpha value is -3.56. The second-order valence-corrected chi connectivity index (χ2v) is 7.00. The van der Waals surface area contributed by atoms with E-state index in [2.05, 4.69) is 15.2 Å². The fourth-order valence-electron chi connectivity index (χ4n) is 3.43. The quantitative estimate of drug-likeness (QED) is 0.574. The number of aromatic nitrogens is 4. The summed E-state index contributed by atoms with van der Waals surface area (Å²) in [5, 5.41) is 8.25. The van der Waals surface area contributed by atoms with Gasteiger partial charge in [-0.3, -0.25) is 4.79 Å². The monoisotopic (exact) mass is 429 g/mol. The normalized spacial score (nSPS) is 16.4. The van der Waals surface area contributed by atoms with Crippen molar-refractivity contribution < 1.29 is 23.0 Å². The van der Waals surface area contributed by atoms with Crippen LogP contribution in [0.4, 0.5) is 8.78 Å². The molecule has 0 saturated carbocycles. The molecule has 3 aromatic rings. The molecule has 31 heavy (non-hydrogen) atoms. The molecule has 0 radical (unpaired) electrons. The molecule has 162 valence electrons. The van der Waals surface area contributed by atoms with Gasteiger partial charge in [0.05, 0.1) is 30.2 Å². The fourth-order valence-corrected chi connectivity index (χ4v) is 3.43. The van der Waals surface area contributed by atoms with Crippen molar-refractivity contribution in [3.8, 4) is 17.3 Å². The first kappa shape index (κ1) is 20.7. The van der Waals surface area contributed by atoms with Gasteiger partial charge in [0, 0.05) is 18.8 Å². The van der Waals surface area contributed by atoms with Crippen molar-refractivity contribution in [2.24, 2.45) is 0 Å². The first-order chi connectivity index (χ1) is 15.1. The number of ether oxygens (including phenoxy) is 2. The average molecular weight is 429 g/mol. The van der Waals surface area contributed by atoms with E-state index in [1.165, 1.54) is 23.1 Å². The Bertz CT molecular complexity index is 1020. The molecule has 0 unspecified atom stereocenters. The van der Waals surface area contributed by atoms with Gasteiger partial charge in [-0.25, -0.2) is 13.8 Å². The maximum atomic E-state index is 13.2. The predicted octanol–water partition coefficient (Wildman–Crippen LogP) is 2.99. The van der Waals surface area contributed by atoms with E-state index in [1.807, 2.05) is 6.07 Å². The summed E-state index contributed by atoms with van der Waals surface area (Å²) < 4.78 is 35.6. The third kappa shape index (κ3) is 5.14. The standard InChI is InChI=1S/C21H21F2N5O3/c22-19(23)14-30-15-7-8-24-20(12-15)31-16-4-3-11-27(13-16)21(29)17-5-1-2-6-18(17)28-25-9-10-26-28/h1-2,5-10,12,16,19H,3-4,11,13-14H2/t16-/m1/s1. The predicted molar refractivity (Wildman–Crippen MR) is 107 cm³/mol. The Kier molecular flexibility index (Phi) is 6.34. The summed E-state index contributed by atoms with van der Waals surface area (Å²) in [5.41, 5.74) is 1.10. The van der Waals surface area contributed by atoms with Gasteiger partial charge < -0.3 is 14.4 Å². The number of halogens is 2. The number of hydrogen-bond acceptors (Lipinski definition) is 6. The molecule has 2 aromatic heterocycles. The van der Waals surface area contributed by atoms with Gasteiger partial charge in [-0.1, -0.05) is 12.1 Å². The van der Waals surface area contributed by atoms with Crippen LogP contribution in [0.1, 0.15) is 23.2 Å². The number of benzene rings is 1. The number of rotatable bonds is 7.